The maximum Gasteiger partial charge on any atom is 0.325 e. The Kier molecular flexibility index (Phi) is 5.08. The molecule has 0 saturated carbocycles. The van der Waals surface area contributed by atoms with E-state index in [2.05, 4.69) is 10.6 Å². The molecule has 1 atom stereocenters. The molecule has 2 N–H and O–H groups in total. The van der Waals surface area contributed by atoms with Crippen LogP contribution < -0.4 is 10.6 Å². The van der Waals surface area contributed by atoms with Crippen molar-refractivity contribution in [2.45, 2.75) is 36.6 Å². The molecule has 2 aromatic carbocycles. The number of hydrogen-bond donors (Lipinski definition) is 2. The zero-order valence-electron chi connectivity index (χ0n) is 16.5. The minimum Gasteiger partial charge on any atom is -0.324 e. The molecule has 1 fully saturated rings. The molecule has 1 aliphatic heterocycles. The van der Waals surface area contributed by atoms with E-state index >= 15 is 0 Å². The number of nitrogens with zero attached hydrogens (tertiary/aromatic N) is 1. The minimum absolute atomic E-state index is 0.325. The average Bonchev–Trinajstić information content (AvgIpc) is 3.27. The summed E-state index contributed by atoms with van der Waals surface area (Å²) in [5.41, 5.74) is 2.80. The van der Waals surface area contributed by atoms with Crippen molar-refractivity contribution in [3.63, 3.8) is 0 Å². The lowest BCUT2D eigenvalue weighted by Gasteiger charge is -2.23. The number of fused-ring (bicyclic) bond motifs is 1. The number of thioether (sulfide) groups is 1. The highest BCUT2D eigenvalue weighted by molar-refractivity contribution is 7.98. The molecule has 4 rings (SSSR count). The van der Waals surface area contributed by atoms with Crippen molar-refractivity contribution in [1.82, 2.24) is 10.2 Å². The van der Waals surface area contributed by atoms with E-state index in [0.29, 0.717) is 5.69 Å². The van der Waals surface area contributed by atoms with Gasteiger partial charge in [-0.1, -0.05) is 30.3 Å². The van der Waals surface area contributed by atoms with Crippen LogP contribution in [0.15, 0.2) is 47.4 Å². The summed E-state index contributed by atoms with van der Waals surface area (Å²) in [5, 5.41) is 5.58. The van der Waals surface area contributed by atoms with Crippen molar-refractivity contribution in [2.75, 3.05) is 18.1 Å². The van der Waals surface area contributed by atoms with E-state index in [1.807, 2.05) is 42.7 Å². The van der Waals surface area contributed by atoms with E-state index < -0.39 is 23.4 Å². The molecule has 7 heteroatoms. The molecule has 1 saturated heterocycles. The summed E-state index contributed by atoms with van der Waals surface area (Å²) in [7, 11) is 0. The third kappa shape index (κ3) is 3.51. The van der Waals surface area contributed by atoms with E-state index in [-0.39, 0.29) is 6.54 Å². The number of nitrogens with one attached hydrogen (secondary N) is 2. The second-order valence-electron chi connectivity index (χ2n) is 7.53. The predicted molar refractivity (Wildman–Crippen MR) is 113 cm³/mol. The molecule has 2 aliphatic rings. The first-order valence-electron chi connectivity index (χ1n) is 9.61. The summed E-state index contributed by atoms with van der Waals surface area (Å²) in [6, 6.07) is 12.8. The Morgan fingerprint density at radius 1 is 1.17 bits per heavy atom. The number of urea groups is 1. The van der Waals surface area contributed by atoms with Crippen molar-refractivity contribution in [3.8, 4) is 0 Å². The Morgan fingerprint density at radius 3 is 2.72 bits per heavy atom. The molecule has 0 aromatic heterocycles. The first kappa shape index (κ1) is 19.5. The fourth-order valence-electron chi connectivity index (χ4n) is 4.00. The molecule has 4 amide bonds. The molecule has 6 nitrogen and oxygen atoms in total. The van der Waals surface area contributed by atoms with Crippen molar-refractivity contribution in [1.29, 1.82) is 0 Å². The van der Waals surface area contributed by atoms with Gasteiger partial charge in [0.05, 0.1) is 5.69 Å². The maximum absolute atomic E-state index is 13.1. The molecule has 0 bridgehead atoms. The highest BCUT2D eigenvalue weighted by Crippen LogP contribution is 2.32. The van der Waals surface area contributed by atoms with Gasteiger partial charge in [0.25, 0.3) is 5.91 Å². The van der Waals surface area contributed by atoms with Crippen LogP contribution >= 0.6 is 11.8 Å². The van der Waals surface area contributed by atoms with Crippen LogP contribution in [0.4, 0.5) is 10.5 Å². The Hall–Kier alpha value is -2.80. The standard InChI is InChI=1S/C22H23N3O3S/c1-22(16-11-10-14-6-5-7-15(14)12-16)20(27)25(21(28)24-22)13-19(26)23-17-8-3-4-9-18(17)29-2/h3-4,8-12H,5-7,13H2,1-2H3,(H,23,26)(H,24,28)/t22-/m0/s1. The number of carbonyl (C=O) groups excluding carboxylic acids is 3. The third-order valence-corrected chi connectivity index (χ3v) is 6.43. The number of amides is 4. The SMILES string of the molecule is CSc1ccccc1NC(=O)CN1C(=O)N[C@@](C)(c2ccc3c(c2)CCC3)C1=O. The molecule has 0 radical (unpaired) electrons. The zero-order chi connectivity index (χ0) is 20.6. The number of imide groups is 1. The lowest BCUT2D eigenvalue weighted by Crippen LogP contribution is -2.42. The molecule has 1 heterocycles. The van der Waals surface area contributed by atoms with Gasteiger partial charge < -0.3 is 10.6 Å². The highest BCUT2D eigenvalue weighted by atomic mass is 32.2. The zero-order valence-corrected chi connectivity index (χ0v) is 17.3. The van der Waals surface area contributed by atoms with Crippen molar-refractivity contribution < 1.29 is 14.4 Å². The summed E-state index contributed by atoms with van der Waals surface area (Å²) in [4.78, 5) is 40.1. The van der Waals surface area contributed by atoms with Crippen LogP contribution in [-0.2, 0) is 28.0 Å². The summed E-state index contributed by atoms with van der Waals surface area (Å²) < 4.78 is 0. The maximum atomic E-state index is 13.1. The van der Waals surface area contributed by atoms with Gasteiger partial charge in [-0.05, 0) is 61.3 Å². The summed E-state index contributed by atoms with van der Waals surface area (Å²) >= 11 is 1.51. The quantitative estimate of drug-likeness (QED) is 0.587. The van der Waals surface area contributed by atoms with Crippen LogP contribution in [0.25, 0.3) is 0 Å². The van der Waals surface area contributed by atoms with E-state index in [0.717, 1.165) is 34.6 Å². The van der Waals surface area contributed by atoms with Gasteiger partial charge in [0, 0.05) is 4.90 Å². The molecular weight excluding hydrogens is 386 g/mol. The number of carbonyl (C=O) groups is 3. The molecule has 0 spiro atoms. The first-order valence-corrected chi connectivity index (χ1v) is 10.8. The Labute approximate surface area is 174 Å². The van der Waals surface area contributed by atoms with Gasteiger partial charge in [-0.25, -0.2) is 4.79 Å². The lowest BCUT2D eigenvalue weighted by molar-refractivity contribution is -0.133. The van der Waals surface area contributed by atoms with Crippen molar-refractivity contribution in [3.05, 3.63) is 59.2 Å². The number of anilines is 1. The monoisotopic (exact) mass is 409 g/mol. The van der Waals surface area contributed by atoms with E-state index in [4.69, 9.17) is 0 Å². The van der Waals surface area contributed by atoms with E-state index in [1.165, 1.54) is 22.9 Å². The molecule has 1 aliphatic carbocycles. The summed E-state index contributed by atoms with van der Waals surface area (Å²) in [6.07, 6.45) is 5.07. The number of rotatable bonds is 5. The average molecular weight is 410 g/mol. The molecule has 2 aromatic rings. The van der Waals surface area contributed by atoms with E-state index in [9.17, 15) is 14.4 Å². The van der Waals surface area contributed by atoms with Crippen LogP contribution in [0.1, 0.15) is 30.0 Å². The summed E-state index contributed by atoms with van der Waals surface area (Å²) in [6.45, 7) is 1.37. The van der Waals surface area contributed by atoms with Crippen molar-refractivity contribution >= 4 is 35.3 Å². The predicted octanol–water partition coefficient (Wildman–Crippen LogP) is 3.30. The van der Waals surface area contributed by atoms with Crippen LogP contribution in [0.3, 0.4) is 0 Å². The van der Waals surface area contributed by atoms with E-state index in [1.54, 1.807) is 13.0 Å². The normalized spacial score (nSPS) is 20.6. The van der Waals surface area contributed by atoms with Gasteiger partial charge in [-0.3, -0.25) is 14.5 Å². The topological polar surface area (TPSA) is 78.5 Å². The molecular formula is C22H23N3O3S. The van der Waals surface area contributed by atoms with Gasteiger partial charge >= 0.3 is 6.03 Å². The van der Waals surface area contributed by atoms with Gasteiger partial charge in [0.1, 0.15) is 12.1 Å². The molecule has 150 valence electrons. The Balaban J connectivity index is 1.51. The molecule has 29 heavy (non-hydrogen) atoms. The number of hydrogen-bond acceptors (Lipinski definition) is 4. The fourth-order valence-corrected chi connectivity index (χ4v) is 4.55. The smallest absolute Gasteiger partial charge is 0.324 e. The van der Waals surface area contributed by atoms with Gasteiger partial charge in [-0.2, -0.15) is 0 Å². The fraction of sp³-hybridized carbons (Fsp3) is 0.318. The Morgan fingerprint density at radius 2 is 1.93 bits per heavy atom. The van der Waals surface area contributed by atoms with Crippen LogP contribution in [0.5, 0.6) is 0 Å². The second kappa shape index (κ2) is 7.55. The van der Waals surface area contributed by atoms with Crippen LogP contribution in [0, 0.1) is 0 Å². The second-order valence-corrected chi connectivity index (χ2v) is 8.38. The van der Waals surface area contributed by atoms with Gasteiger partial charge in [0.2, 0.25) is 5.91 Å². The number of aryl methyl sites for hydroxylation is 2. The Bertz CT molecular complexity index is 1010. The summed E-state index contributed by atoms with van der Waals surface area (Å²) in [5.74, 6) is -0.818. The van der Waals surface area contributed by atoms with Gasteiger partial charge in [-0.15, -0.1) is 11.8 Å². The highest BCUT2D eigenvalue weighted by Gasteiger charge is 2.49. The van der Waals surface area contributed by atoms with Crippen molar-refractivity contribution in [2.24, 2.45) is 0 Å². The minimum atomic E-state index is -1.16. The third-order valence-electron chi connectivity index (χ3n) is 5.63. The lowest BCUT2D eigenvalue weighted by atomic mass is 9.89. The number of benzene rings is 2. The molecule has 0 unspecified atom stereocenters. The first-order chi connectivity index (χ1) is 13.9. The van der Waals surface area contributed by atoms with Crippen LogP contribution in [0.2, 0.25) is 0 Å². The largest absolute Gasteiger partial charge is 0.325 e. The number of para-hydroxylation sites is 1. The van der Waals surface area contributed by atoms with Crippen LogP contribution in [-0.4, -0.2) is 35.5 Å². The van der Waals surface area contributed by atoms with Gasteiger partial charge in [0.15, 0.2) is 0 Å².